The zero-order valence-electron chi connectivity index (χ0n) is 16.6. The molecule has 1 aliphatic rings. The molecule has 0 radical (unpaired) electrons. The Hall–Kier alpha value is -3.34. The lowest BCUT2D eigenvalue weighted by molar-refractivity contribution is -0.137. The fraction of sp³-hybridized carbons (Fsp3) is 0.240. The maximum Gasteiger partial charge on any atom is 0.305 e. The SMILES string of the molecule is O=C(O)CC1CCCN1c1ccc(Oc2cccc(Cc3ccccc3F)c2)cc1. The van der Waals surface area contributed by atoms with Crippen LogP contribution in [0.4, 0.5) is 10.1 Å². The van der Waals surface area contributed by atoms with Crippen LogP contribution in [-0.4, -0.2) is 23.7 Å². The molecule has 4 nitrogen and oxygen atoms in total. The van der Waals surface area contributed by atoms with Gasteiger partial charge in [-0.25, -0.2) is 4.39 Å². The molecule has 1 unspecified atom stereocenters. The van der Waals surface area contributed by atoms with Crippen molar-refractivity contribution in [2.45, 2.75) is 31.7 Å². The molecular weight excluding hydrogens is 381 g/mol. The number of ether oxygens (including phenoxy) is 1. The third-order valence-corrected chi connectivity index (χ3v) is 5.44. The van der Waals surface area contributed by atoms with E-state index in [0.29, 0.717) is 23.5 Å². The average molecular weight is 405 g/mol. The largest absolute Gasteiger partial charge is 0.481 e. The first-order valence-corrected chi connectivity index (χ1v) is 10.2. The highest BCUT2D eigenvalue weighted by Crippen LogP contribution is 2.30. The predicted octanol–water partition coefficient (Wildman–Crippen LogP) is 5.65. The topological polar surface area (TPSA) is 49.8 Å². The normalized spacial score (nSPS) is 15.9. The molecule has 30 heavy (non-hydrogen) atoms. The van der Waals surface area contributed by atoms with E-state index in [9.17, 15) is 9.18 Å². The minimum atomic E-state index is -0.762. The molecule has 0 amide bonds. The second kappa shape index (κ2) is 8.99. The van der Waals surface area contributed by atoms with Crippen molar-refractivity contribution in [2.24, 2.45) is 0 Å². The highest BCUT2D eigenvalue weighted by Gasteiger charge is 2.26. The molecule has 1 fully saturated rings. The minimum Gasteiger partial charge on any atom is -0.481 e. The van der Waals surface area contributed by atoms with Gasteiger partial charge in [0.25, 0.3) is 0 Å². The summed E-state index contributed by atoms with van der Waals surface area (Å²) in [6.45, 7) is 0.871. The first-order valence-electron chi connectivity index (χ1n) is 10.2. The van der Waals surface area contributed by atoms with Crippen molar-refractivity contribution >= 4 is 11.7 Å². The molecule has 1 atom stereocenters. The number of hydrogen-bond donors (Lipinski definition) is 1. The summed E-state index contributed by atoms with van der Waals surface area (Å²) in [4.78, 5) is 13.2. The van der Waals surface area contributed by atoms with E-state index in [2.05, 4.69) is 4.90 Å². The van der Waals surface area contributed by atoms with Crippen molar-refractivity contribution in [3.63, 3.8) is 0 Å². The summed E-state index contributed by atoms with van der Waals surface area (Å²) in [6, 6.07) is 22.2. The number of carboxylic acid groups (broad SMARTS) is 1. The molecule has 5 heteroatoms. The van der Waals surface area contributed by atoms with Crippen LogP contribution < -0.4 is 9.64 Å². The summed E-state index contributed by atoms with van der Waals surface area (Å²) >= 11 is 0. The van der Waals surface area contributed by atoms with E-state index in [1.54, 1.807) is 12.1 Å². The number of anilines is 1. The Bertz CT molecular complexity index is 1020. The van der Waals surface area contributed by atoms with E-state index < -0.39 is 5.97 Å². The van der Waals surface area contributed by atoms with E-state index in [1.165, 1.54) is 6.07 Å². The van der Waals surface area contributed by atoms with Crippen LogP contribution in [0, 0.1) is 5.82 Å². The monoisotopic (exact) mass is 405 g/mol. The lowest BCUT2D eigenvalue weighted by Crippen LogP contribution is -2.31. The molecule has 0 saturated carbocycles. The smallest absolute Gasteiger partial charge is 0.305 e. The van der Waals surface area contributed by atoms with Gasteiger partial charge in [-0.1, -0.05) is 30.3 Å². The van der Waals surface area contributed by atoms with E-state index in [-0.39, 0.29) is 18.3 Å². The van der Waals surface area contributed by atoms with Crippen LogP contribution >= 0.6 is 0 Å². The highest BCUT2D eigenvalue weighted by atomic mass is 19.1. The van der Waals surface area contributed by atoms with Gasteiger partial charge in [-0.3, -0.25) is 4.79 Å². The fourth-order valence-electron chi connectivity index (χ4n) is 4.01. The van der Waals surface area contributed by atoms with Crippen LogP contribution in [0.15, 0.2) is 72.8 Å². The zero-order chi connectivity index (χ0) is 20.9. The molecule has 0 aliphatic carbocycles. The molecule has 1 N–H and O–H groups in total. The van der Waals surface area contributed by atoms with Crippen LogP contribution in [0.25, 0.3) is 0 Å². The number of benzene rings is 3. The summed E-state index contributed by atoms with van der Waals surface area (Å²) in [5, 5.41) is 9.11. The van der Waals surface area contributed by atoms with Gasteiger partial charge in [-0.15, -0.1) is 0 Å². The Balaban J connectivity index is 1.43. The number of carbonyl (C=O) groups is 1. The standard InChI is InChI=1S/C25H24FNO3/c26-24-9-2-1-6-19(24)15-18-5-3-8-23(16-18)30-22-12-10-20(11-13-22)27-14-4-7-21(27)17-25(28)29/h1-3,5-6,8-13,16,21H,4,7,14-15,17H2,(H,28,29). The number of hydrogen-bond acceptors (Lipinski definition) is 3. The predicted molar refractivity (Wildman–Crippen MR) is 115 cm³/mol. The van der Waals surface area contributed by atoms with Crippen LogP contribution in [0.1, 0.15) is 30.4 Å². The van der Waals surface area contributed by atoms with Crippen molar-refractivity contribution < 1.29 is 19.0 Å². The average Bonchev–Trinajstić information content (AvgIpc) is 3.18. The van der Waals surface area contributed by atoms with E-state index >= 15 is 0 Å². The van der Waals surface area contributed by atoms with Crippen LogP contribution in [0.3, 0.4) is 0 Å². The van der Waals surface area contributed by atoms with Gasteiger partial charge in [0, 0.05) is 24.7 Å². The Morgan fingerprint density at radius 2 is 1.83 bits per heavy atom. The first-order chi connectivity index (χ1) is 14.6. The van der Waals surface area contributed by atoms with Gasteiger partial charge in [0.15, 0.2) is 0 Å². The van der Waals surface area contributed by atoms with Crippen molar-refractivity contribution in [3.05, 3.63) is 89.7 Å². The van der Waals surface area contributed by atoms with Crippen LogP contribution in [0.2, 0.25) is 0 Å². The van der Waals surface area contributed by atoms with Crippen LogP contribution in [0.5, 0.6) is 11.5 Å². The Labute approximate surface area is 175 Å². The Morgan fingerprint density at radius 1 is 1.03 bits per heavy atom. The maximum atomic E-state index is 13.9. The lowest BCUT2D eigenvalue weighted by Gasteiger charge is -2.25. The van der Waals surface area contributed by atoms with Gasteiger partial charge in [-0.05, 0) is 66.4 Å². The van der Waals surface area contributed by atoms with Gasteiger partial charge in [0.05, 0.1) is 6.42 Å². The van der Waals surface area contributed by atoms with Gasteiger partial charge >= 0.3 is 5.97 Å². The van der Waals surface area contributed by atoms with Gasteiger partial charge in [0.1, 0.15) is 17.3 Å². The molecule has 0 spiro atoms. The molecule has 1 saturated heterocycles. The van der Waals surface area contributed by atoms with Gasteiger partial charge in [-0.2, -0.15) is 0 Å². The van der Waals surface area contributed by atoms with Crippen molar-refractivity contribution in [1.82, 2.24) is 0 Å². The third-order valence-electron chi connectivity index (χ3n) is 5.44. The minimum absolute atomic E-state index is 0.0457. The molecule has 1 heterocycles. The molecule has 4 rings (SSSR count). The van der Waals surface area contributed by atoms with Crippen molar-refractivity contribution in [2.75, 3.05) is 11.4 Å². The molecule has 154 valence electrons. The van der Waals surface area contributed by atoms with Gasteiger partial charge < -0.3 is 14.7 Å². The summed E-state index contributed by atoms with van der Waals surface area (Å²) in [5.74, 6) is 0.432. The maximum absolute atomic E-state index is 13.9. The number of nitrogens with zero attached hydrogens (tertiary/aromatic N) is 1. The Morgan fingerprint density at radius 3 is 2.60 bits per heavy atom. The molecular formula is C25H24FNO3. The molecule has 0 aromatic heterocycles. The number of aliphatic carboxylic acids is 1. The van der Waals surface area contributed by atoms with E-state index in [4.69, 9.17) is 9.84 Å². The molecule has 3 aromatic carbocycles. The van der Waals surface area contributed by atoms with E-state index in [0.717, 1.165) is 30.6 Å². The molecule has 3 aromatic rings. The lowest BCUT2D eigenvalue weighted by atomic mass is 10.0. The van der Waals surface area contributed by atoms with Crippen molar-refractivity contribution in [3.8, 4) is 11.5 Å². The number of rotatable bonds is 7. The summed E-state index contributed by atoms with van der Waals surface area (Å²) in [7, 11) is 0. The quantitative estimate of drug-likeness (QED) is 0.552. The second-order valence-corrected chi connectivity index (χ2v) is 7.60. The third kappa shape index (κ3) is 4.79. The second-order valence-electron chi connectivity index (χ2n) is 7.60. The fourth-order valence-corrected chi connectivity index (χ4v) is 4.01. The molecule has 0 bridgehead atoms. The number of halogens is 1. The summed E-state index contributed by atoms with van der Waals surface area (Å²) in [6.07, 6.45) is 2.57. The highest BCUT2D eigenvalue weighted by molar-refractivity contribution is 5.69. The van der Waals surface area contributed by atoms with Crippen molar-refractivity contribution in [1.29, 1.82) is 0 Å². The Kier molecular flexibility index (Phi) is 5.98. The summed E-state index contributed by atoms with van der Waals surface area (Å²) in [5.41, 5.74) is 2.64. The number of carboxylic acids is 1. The molecule has 1 aliphatic heterocycles. The first kappa shape index (κ1) is 20.0. The van der Waals surface area contributed by atoms with Crippen LogP contribution in [-0.2, 0) is 11.2 Å². The zero-order valence-corrected chi connectivity index (χ0v) is 16.6. The van der Waals surface area contributed by atoms with E-state index in [1.807, 2.05) is 54.6 Å². The summed E-state index contributed by atoms with van der Waals surface area (Å²) < 4.78 is 19.9. The van der Waals surface area contributed by atoms with Gasteiger partial charge in [0.2, 0.25) is 0 Å².